The first-order chi connectivity index (χ1) is 14.8. The van der Waals surface area contributed by atoms with Crippen LogP contribution >= 0.6 is 0 Å². The quantitative estimate of drug-likeness (QED) is 0.654. The van der Waals surface area contributed by atoms with Gasteiger partial charge in [0.15, 0.2) is 5.03 Å². The summed E-state index contributed by atoms with van der Waals surface area (Å²) >= 11 is 0. The zero-order valence-electron chi connectivity index (χ0n) is 16.1. The van der Waals surface area contributed by atoms with Gasteiger partial charge in [-0.1, -0.05) is 0 Å². The number of fused-ring (bicyclic) bond motifs is 1. The summed E-state index contributed by atoms with van der Waals surface area (Å²) in [7, 11) is -4.19. The third-order valence-electron chi connectivity index (χ3n) is 5.51. The van der Waals surface area contributed by atoms with Gasteiger partial charge in [0.1, 0.15) is 5.82 Å². The molecule has 8 nitrogen and oxygen atoms in total. The van der Waals surface area contributed by atoms with Crippen LogP contribution in [0.2, 0.25) is 0 Å². The lowest BCUT2D eigenvalue weighted by molar-refractivity contribution is -0.137. The van der Waals surface area contributed by atoms with E-state index >= 15 is 0 Å². The summed E-state index contributed by atoms with van der Waals surface area (Å²) in [4.78, 5) is 21.5. The maximum absolute atomic E-state index is 13.8. The van der Waals surface area contributed by atoms with Gasteiger partial charge < -0.3 is 10.2 Å². The molecular formula is C18H16F5N5O3S. The Morgan fingerprint density at radius 3 is 2.56 bits per heavy atom. The molecule has 3 N–H and O–H groups in total. The molecule has 0 aromatic carbocycles. The van der Waals surface area contributed by atoms with Crippen LogP contribution in [-0.2, 0) is 16.2 Å². The van der Waals surface area contributed by atoms with Gasteiger partial charge in [-0.2, -0.15) is 13.2 Å². The van der Waals surface area contributed by atoms with E-state index in [4.69, 9.17) is 5.14 Å². The van der Waals surface area contributed by atoms with Crippen molar-refractivity contribution >= 4 is 27.4 Å². The van der Waals surface area contributed by atoms with Crippen LogP contribution in [0.1, 0.15) is 22.3 Å². The second-order valence-corrected chi connectivity index (χ2v) is 9.11. The zero-order chi connectivity index (χ0) is 23.5. The van der Waals surface area contributed by atoms with Gasteiger partial charge in [0, 0.05) is 49.1 Å². The minimum Gasteiger partial charge on any atom is -0.355 e. The lowest BCUT2D eigenvalue weighted by Crippen LogP contribution is -2.34. The van der Waals surface area contributed by atoms with Gasteiger partial charge in [-0.25, -0.2) is 32.3 Å². The molecule has 0 spiro atoms. The van der Waals surface area contributed by atoms with E-state index in [0.29, 0.717) is 12.3 Å². The summed E-state index contributed by atoms with van der Waals surface area (Å²) in [5.74, 6) is -5.77. The number of nitrogens with two attached hydrogens (primary N) is 1. The van der Waals surface area contributed by atoms with Gasteiger partial charge in [0.05, 0.1) is 11.1 Å². The Kier molecular flexibility index (Phi) is 5.12. The van der Waals surface area contributed by atoms with Gasteiger partial charge in [-0.15, -0.1) is 0 Å². The van der Waals surface area contributed by atoms with E-state index < -0.39 is 56.0 Å². The lowest BCUT2D eigenvalue weighted by atomic mass is 10.1. The molecule has 0 radical (unpaired) electrons. The summed E-state index contributed by atoms with van der Waals surface area (Å²) < 4.78 is 90.0. The molecule has 172 valence electrons. The minimum absolute atomic E-state index is 0.0928. The van der Waals surface area contributed by atoms with E-state index in [2.05, 4.69) is 15.3 Å². The van der Waals surface area contributed by atoms with Crippen molar-refractivity contribution in [1.29, 1.82) is 0 Å². The van der Waals surface area contributed by atoms with E-state index in [9.17, 15) is 35.2 Å². The average molecular weight is 477 g/mol. The van der Waals surface area contributed by atoms with Crippen LogP contribution in [0, 0.1) is 11.8 Å². The molecule has 32 heavy (non-hydrogen) atoms. The molecule has 3 heterocycles. The molecule has 2 aromatic heterocycles. The number of amides is 1. The van der Waals surface area contributed by atoms with Crippen molar-refractivity contribution in [3.05, 3.63) is 41.7 Å². The molecule has 1 saturated heterocycles. The Hall–Kier alpha value is -2.87. The van der Waals surface area contributed by atoms with Crippen LogP contribution in [0.5, 0.6) is 0 Å². The van der Waals surface area contributed by atoms with Crippen molar-refractivity contribution in [3.63, 3.8) is 0 Å². The van der Waals surface area contributed by atoms with Crippen molar-refractivity contribution in [3.8, 4) is 0 Å². The van der Waals surface area contributed by atoms with E-state index in [1.165, 1.54) is 11.0 Å². The number of sulfonamides is 1. The Bertz CT molecular complexity index is 1190. The minimum atomic E-state index is -4.80. The molecule has 0 unspecified atom stereocenters. The topological polar surface area (TPSA) is 118 Å². The second-order valence-electron chi connectivity index (χ2n) is 7.60. The van der Waals surface area contributed by atoms with Crippen molar-refractivity contribution in [2.75, 3.05) is 23.3 Å². The summed E-state index contributed by atoms with van der Waals surface area (Å²) in [5, 5.41) is 6.72. The summed E-state index contributed by atoms with van der Waals surface area (Å²) in [6.45, 7) is -0.0542. The van der Waals surface area contributed by atoms with E-state index in [0.717, 1.165) is 12.3 Å². The van der Waals surface area contributed by atoms with E-state index in [1.54, 1.807) is 0 Å². The number of hydrogen-bond acceptors (Lipinski definition) is 6. The first-order valence-corrected chi connectivity index (χ1v) is 10.8. The van der Waals surface area contributed by atoms with Gasteiger partial charge in [0.2, 0.25) is 0 Å². The number of alkyl halides is 5. The molecule has 1 saturated carbocycles. The first-order valence-electron chi connectivity index (χ1n) is 9.28. The molecule has 4 rings (SSSR count). The number of primary sulfonamides is 1. The number of carbonyl (C=O) groups excluding carboxylic acids is 1. The van der Waals surface area contributed by atoms with Crippen molar-refractivity contribution < 1.29 is 35.2 Å². The van der Waals surface area contributed by atoms with E-state index in [1.807, 2.05) is 0 Å². The fourth-order valence-corrected chi connectivity index (χ4v) is 4.29. The van der Waals surface area contributed by atoms with E-state index in [-0.39, 0.29) is 31.0 Å². The van der Waals surface area contributed by atoms with Crippen molar-refractivity contribution in [2.24, 2.45) is 17.0 Å². The Balaban J connectivity index is 1.67. The number of anilines is 2. The van der Waals surface area contributed by atoms with Crippen LogP contribution < -0.4 is 15.4 Å². The summed E-state index contributed by atoms with van der Waals surface area (Å²) in [5.41, 5.74) is -1.78. The molecule has 2 fully saturated rings. The highest BCUT2D eigenvalue weighted by atomic mass is 32.2. The standard InChI is InChI=1S/C18H16F5N5O3S/c19-17(20)12-2-4-28(8-13(12)17)15-11(5-9(7-26-15)18(21,22)23)16(29)27-10-1-3-25-14(6-10)32(24,30)31/h1,3,5-7,12-13H,2,4,8H2,(H2,24,30,31)(H,25,27,29)/t12-,13+/m0/s1. The predicted molar refractivity (Wildman–Crippen MR) is 102 cm³/mol. The number of piperidine rings is 1. The first kappa shape index (κ1) is 22.3. The highest BCUT2D eigenvalue weighted by Crippen LogP contribution is 2.59. The number of aromatic nitrogens is 2. The van der Waals surface area contributed by atoms with Gasteiger partial charge in [-0.05, 0) is 18.6 Å². The number of nitrogens with one attached hydrogen (secondary N) is 1. The number of nitrogens with zero attached hydrogens (tertiary/aromatic N) is 3. The monoisotopic (exact) mass is 477 g/mol. The predicted octanol–water partition coefficient (Wildman–Crippen LogP) is 2.49. The highest BCUT2D eigenvalue weighted by molar-refractivity contribution is 7.89. The highest BCUT2D eigenvalue weighted by Gasteiger charge is 2.69. The van der Waals surface area contributed by atoms with Crippen molar-refractivity contribution in [1.82, 2.24) is 9.97 Å². The molecule has 1 aliphatic carbocycles. The lowest BCUT2D eigenvalue weighted by Gasteiger charge is -2.28. The maximum Gasteiger partial charge on any atom is 0.417 e. The molecule has 0 bridgehead atoms. The largest absolute Gasteiger partial charge is 0.417 e. The number of rotatable bonds is 4. The normalized spacial score (nSPS) is 22.2. The second kappa shape index (κ2) is 7.33. The Morgan fingerprint density at radius 2 is 1.94 bits per heavy atom. The van der Waals surface area contributed by atoms with Crippen LogP contribution in [0.3, 0.4) is 0 Å². The third-order valence-corrected chi connectivity index (χ3v) is 6.32. The zero-order valence-corrected chi connectivity index (χ0v) is 16.9. The molecule has 1 aliphatic heterocycles. The Morgan fingerprint density at radius 1 is 1.22 bits per heavy atom. The molecule has 2 aliphatic rings. The summed E-state index contributed by atoms with van der Waals surface area (Å²) in [6, 6.07) is 2.73. The molecule has 1 amide bonds. The molecular weight excluding hydrogens is 461 g/mol. The number of hydrogen-bond donors (Lipinski definition) is 2. The van der Waals surface area contributed by atoms with Crippen LogP contribution in [0.4, 0.5) is 33.5 Å². The van der Waals surface area contributed by atoms with Gasteiger partial charge >= 0.3 is 6.18 Å². The van der Waals surface area contributed by atoms with Crippen LogP contribution in [0.15, 0.2) is 35.6 Å². The summed E-state index contributed by atoms with van der Waals surface area (Å²) in [6.07, 6.45) is -3.10. The van der Waals surface area contributed by atoms with Crippen molar-refractivity contribution in [2.45, 2.75) is 23.5 Å². The third kappa shape index (κ3) is 4.11. The molecule has 2 aromatic rings. The number of carbonyl (C=O) groups is 1. The Labute approximate surface area is 178 Å². The fraction of sp³-hybridized carbons (Fsp3) is 0.389. The van der Waals surface area contributed by atoms with Crippen LogP contribution in [0.25, 0.3) is 0 Å². The number of halogens is 5. The average Bonchev–Trinajstić information content (AvgIpc) is 3.26. The molecule has 14 heteroatoms. The fourth-order valence-electron chi connectivity index (χ4n) is 3.79. The van der Waals surface area contributed by atoms with Gasteiger partial charge in [0.25, 0.3) is 21.9 Å². The molecule has 2 atom stereocenters. The SMILES string of the molecule is NS(=O)(=O)c1cc(NC(=O)c2cc(C(F)(F)F)cnc2N2CC[C@H]3[C@@H](C2)C3(F)F)ccn1. The van der Waals surface area contributed by atoms with Crippen LogP contribution in [-0.4, -0.2) is 43.3 Å². The van der Waals surface area contributed by atoms with Gasteiger partial charge in [-0.3, -0.25) is 4.79 Å². The number of pyridine rings is 2. The smallest absolute Gasteiger partial charge is 0.355 e. The maximum atomic E-state index is 13.8.